The molecule has 1 atom stereocenters. The van der Waals surface area contributed by atoms with Crippen molar-refractivity contribution in [3.63, 3.8) is 0 Å². The van der Waals surface area contributed by atoms with Gasteiger partial charge >= 0.3 is 0 Å². The molecule has 0 radical (unpaired) electrons. The maximum absolute atomic E-state index is 13.8. The van der Waals surface area contributed by atoms with Gasteiger partial charge in [-0.15, -0.1) is 0 Å². The van der Waals surface area contributed by atoms with E-state index in [1.165, 1.54) is 36.7 Å². The van der Waals surface area contributed by atoms with Crippen molar-refractivity contribution in [3.05, 3.63) is 83.7 Å². The molecule has 198 valence electrons. The largest absolute Gasteiger partial charge is 0.493 e. The summed E-state index contributed by atoms with van der Waals surface area (Å²) in [7, 11) is 0.518. The lowest BCUT2D eigenvalue weighted by Crippen LogP contribution is -2.29. The lowest BCUT2D eigenvalue weighted by molar-refractivity contribution is -0.115. The van der Waals surface area contributed by atoms with Gasteiger partial charge in [0.15, 0.2) is 23.2 Å². The number of methoxy groups -OCH3 is 2. The van der Waals surface area contributed by atoms with Gasteiger partial charge in [-0.25, -0.2) is 13.4 Å². The maximum atomic E-state index is 13.8. The number of carbonyl (C=O) groups excluding carboxylic acids is 1. The lowest BCUT2D eigenvalue weighted by atomic mass is 10.0. The number of nitrogens with zero attached hydrogens (tertiary/aromatic N) is 4. The van der Waals surface area contributed by atoms with Gasteiger partial charge in [-0.2, -0.15) is 5.26 Å². The molecule has 0 N–H and O–H groups in total. The third-order valence-corrected chi connectivity index (χ3v) is 8.63. The number of fused-ring (bicyclic) bond motifs is 2. The van der Waals surface area contributed by atoms with Crippen molar-refractivity contribution in [2.24, 2.45) is 7.05 Å². The summed E-state index contributed by atoms with van der Waals surface area (Å²) in [6.45, 7) is 0.299. The van der Waals surface area contributed by atoms with Crippen LogP contribution < -0.4 is 13.8 Å². The molecule has 2 heterocycles. The van der Waals surface area contributed by atoms with Gasteiger partial charge in [0, 0.05) is 13.6 Å². The molecule has 4 aromatic rings. The summed E-state index contributed by atoms with van der Waals surface area (Å²) in [6, 6.07) is 19.8. The molecule has 1 aliphatic heterocycles. The summed E-state index contributed by atoms with van der Waals surface area (Å²) in [5.74, 6) is -1.02. The van der Waals surface area contributed by atoms with Gasteiger partial charge in [0.2, 0.25) is 0 Å². The minimum Gasteiger partial charge on any atom is -0.493 e. The summed E-state index contributed by atoms with van der Waals surface area (Å²) in [4.78, 5) is 17.5. The number of rotatable bonds is 8. The Kier molecular flexibility index (Phi) is 6.85. The number of sulfonamides is 1. The molecule has 0 bridgehead atoms. The van der Waals surface area contributed by atoms with Gasteiger partial charge in [0.05, 0.1) is 37.0 Å². The van der Waals surface area contributed by atoms with E-state index in [0.29, 0.717) is 35.6 Å². The van der Waals surface area contributed by atoms with Gasteiger partial charge < -0.3 is 14.0 Å². The molecule has 9 nitrogen and oxygen atoms in total. The minimum atomic E-state index is -4.03. The first kappa shape index (κ1) is 26.0. The number of nitriles is 1. The van der Waals surface area contributed by atoms with Crippen molar-refractivity contribution in [2.75, 3.05) is 25.1 Å². The Hall–Kier alpha value is -4.62. The number of allylic oxidation sites excluding steroid dienone is 1. The molecule has 0 amide bonds. The molecular formula is C29H26N4O5S. The third-order valence-electron chi connectivity index (χ3n) is 6.81. The standard InChI is InChI=1S/C29H26N4O5S/c1-32-24-11-7-5-9-22(24)31-29(32)21(18-30)25(34)13-12-19-16-26(37-2)28(38-3)27(17-19)39(35,36)33-15-14-20-8-4-6-10-23(20)33/h4-13,16-17,21H,14-15H2,1-3H3/b13-12+/t21-/m1/s1. The SMILES string of the molecule is COc1cc(/C=C/C(=O)[C@@H](C#N)c2nc3ccccc3n2C)cc(S(=O)(=O)N2CCc3ccccc32)c1OC. The van der Waals surface area contributed by atoms with Gasteiger partial charge in [-0.3, -0.25) is 9.10 Å². The van der Waals surface area contributed by atoms with Crippen LogP contribution in [0.1, 0.15) is 22.9 Å². The van der Waals surface area contributed by atoms with E-state index < -0.39 is 21.7 Å². The van der Waals surface area contributed by atoms with Crippen LogP contribution in [0.15, 0.2) is 71.6 Å². The molecule has 1 aromatic heterocycles. The van der Waals surface area contributed by atoms with Crippen molar-refractivity contribution in [1.29, 1.82) is 5.26 Å². The van der Waals surface area contributed by atoms with E-state index in [9.17, 15) is 18.5 Å². The molecule has 0 saturated carbocycles. The first-order valence-corrected chi connectivity index (χ1v) is 13.6. The van der Waals surface area contributed by atoms with Crippen molar-refractivity contribution in [2.45, 2.75) is 17.2 Å². The van der Waals surface area contributed by atoms with Crippen molar-refractivity contribution < 1.29 is 22.7 Å². The highest BCUT2D eigenvalue weighted by Crippen LogP contribution is 2.40. The Bertz CT molecular complexity index is 1770. The number of ether oxygens (including phenoxy) is 2. The predicted molar refractivity (Wildman–Crippen MR) is 147 cm³/mol. The molecule has 0 unspecified atom stereocenters. The molecule has 0 spiro atoms. The van der Waals surface area contributed by atoms with Gasteiger partial charge in [0.25, 0.3) is 10.0 Å². The molecule has 0 saturated heterocycles. The molecule has 10 heteroatoms. The molecular weight excluding hydrogens is 516 g/mol. The summed E-state index contributed by atoms with van der Waals surface area (Å²) in [5.41, 5.74) is 3.45. The van der Waals surface area contributed by atoms with Crippen LogP contribution >= 0.6 is 0 Å². The van der Waals surface area contributed by atoms with Gasteiger partial charge in [0.1, 0.15) is 10.7 Å². The van der Waals surface area contributed by atoms with Crippen molar-refractivity contribution in [3.8, 4) is 17.6 Å². The Labute approximate surface area is 226 Å². The van der Waals surface area contributed by atoms with Crippen molar-refractivity contribution >= 4 is 38.6 Å². The number of carbonyl (C=O) groups is 1. The smallest absolute Gasteiger partial charge is 0.268 e. The zero-order valence-electron chi connectivity index (χ0n) is 21.7. The molecule has 0 fully saturated rings. The quantitative estimate of drug-likeness (QED) is 0.306. The van der Waals surface area contributed by atoms with E-state index in [0.717, 1.165) is 11.1 Å². The van der Waals surface area contributed by atoms with Crippen molar-refractivity contribution in [1.82, 2.24) is 9.55 Å². The normalized spacial score (nSPS) is 13.8. The number of hydrogen-bond acceptors (Lipinski definition) is 7. The predicted octanol–water partition coefficient (Wildman–Crippen LogP) is 4.23. The van der Waals surface area contributed by atoms with E-state index >= 15 is 0 Å². The number of aryl methyl sites for hydroxylation is 1. The summed E-state index contributed by atoms with van der Waals surface area (Å²) in [5, 5.41) is 9.82. The highest BCUT2D eigenvalue weighted by molar-refractivity contribution is 7.93. The summed E-state index contributed by atoms with van der Waals surface area (Å²) < 4.78 is 41.7. The minimum absolute atomic E-state index is 0.0694. The van der Waals surface area contributed by atoms with Crippen LogP contribution in [-0.2, 0) is 28.3 Å². The number of imidazole rings is 1. The second-order valence-electron chi connectivity index (χ2n) is 9.03. The molecule has 39 heavy (non-hydrogen) atoms. The zero-order valence-corrected chi connectivity index (χ0v) is 22.5. The van der Waals surface area contributed by atoms with Gasteiger partial charge in [-0.1, -0.05) is 36.4 Å². The molecule has 3 aromatic carbocycles. The van der Waals surface area contributed by atoms with Crippen LogP contribution in [-0.4, -0.2) is 44.5 Å². The van der Waals surface area contributed by atoms with Crippen LogP contribution in [0.25, 0.3) is 17.1 Å². The summed E-state index contributed by atoms with van der Waals surface area (Å²) in [6.07, 6.45) is 3.32. The average molecular weight is 543 g/mol. The Morgan fingerprint density at radius 1 is 1.10 bits per heavy atom. The van der Waals surface area contributed by atoms with Gasteiger partial charge in [-0.05, 0) is 54.0 Å². The second-order valence-corrected chi connectivity index (χ2v) is 10.9. The molecule has 0 aliphatic carbocycles. The first-order chi connectivity index (χ1) is 18.8. The average Bonchev–Trinajstić information content (AvgIpc) is 3.54. The highest BCUT2D eigenvalue weighted by Gasteiger charge is 2.34. The number of aromatic nitrogens is 2. The Balaban J connectivity index is 1.52. The Morgan fingerprint density at radius 2 is 1.85 bits per heavy atom. The number of benzene rings is 3. The van der Waals surface area contributed by atoms with Crippen LogP contribution in [0, 0.1) is 11.3 Å². The van der Waals surface area contributed by atoms with E-state index in [-0.39, 0.29) is 16.4 Å². The van der Waals surface area contributed by atoms with E-state index in [1.807, 2.05) is 42.5 Å². The van der Waals surface area contributed by atoms with E-state index in [1.54, 1.807) is 29.8 Å². The molecule has 5 rings (SSSR count). The monoisotopic (exact) mass is 542 g/mol. The fourth-order valence-electron chi connectivity index (χ4n) is 4.86. The number of para-hydroxylation sites is 3. The fourth-order valence-corrected chi connectivity index (χ4v) is 6.57. The van der Waals surface area contributed by atoms with Crippen LogP contribution in [0.2, 0.25) is 0 Å². The van der Waals surface area contributed by atoms with Crippen LogP contribution in [0.3, 0.4) is 0 Å². The second kappa shape index (κ2) is 10.3. The lowest BCUT2D eigenvalue weighted by Gasteiger charge is -2.22. The summed E-state index contributed by atoms with van der Waals surface area (Å²) >= 11 is 0. The van der Waals surface area contributed by atoms with Crippen LogP contribution in [0.4, 0.5) is 5.69 Å². The Morgan fingerprint density at radius 3 is 2.56 bits per heavy atom. The topological polar surface area (TPSA) is 115 Å². The third kappa shape index (κ3) is 4.51. The fraction of sp³-hybridized carbons (Fsp3) is 0.207. The molecule has 1 aliphatic rings. The van der Waals surface area contributed by atoms with Crippen LogP contribution in [0.5, 0.6) is 11.5 Å². The maximum Gasteiger partial charge on any atom is 0.268 e. The first-order valence-electron chi connectivity index (χ1n) is 12.2. The number of ketones is 1. The van der Waals surface area contributed by atoms with E-state index in [4.69, 9.17) is 9.47 Å². The highest BCUT2D eigenvalue weighted by atomic mass is 32.2. The number of anilines is 1. The zero-order chi connectivity index (χ0) is 27.7. The van der Waals surface area contributed by atoms with E-state index in [2.05, 4.69) is 4.98 Å². The number of hydrogen-bond donors (Lipinski definition) is 0.